The number of hydrogen-bond donors (Lipinski definition) is 1. The van der Waals surface area contributed by atoms with Gasteiger partial charge in [0.25, 0.3) is 5.79 Å². The number of amides is 1. The predicted molar refractivity (Wildman–Crippen MR) is 90.2 cm³/mol. The molecule has 0 aliphatic carbocycles. The molecular formula is C18H29F2NO6. The van der Waals surface area contributed by atoms with Crippen molar-refractivity contribution in [2.24, 2.45) is 5.41 Å². The molecule has 2 bridgehead atoms. The lowest BCUT2D eigenvalue weighted by atomic mass is 9.68. The van der Waals surface area contributed by atoms with Gasteiger partial charge in [0.2, 0.25) is 0 Å². The van der Waals surface area contributed by atoms with E-state index in [1.807, 2.05) is 0 Å². The molecule has 3 saturated heterocycles. The third-order valence-corrected chi connectivity index (χ3v) is 5.69. The van der Waals surface area contributed by atoms with Gasteiger partial charge in [0.15, 0.2) is 18.0 Å². The van der Waals surface area contributed by atoms with Crippen LogP contribution in [-0.4, -0.2) is 71.1 Å². The topological polar surface area (TPSA) is 77.5 Å². The number of halogens is 2. The first-order valence-corrected chi connectivity index (χ1v) is 9.38. The van der Waals surface area contributed by atoms with Crippen LogP contribution in [0.1, 0.15) is 48.0 Å². The lowest BCUT2D eigenvalue weighted by Crippen LogP contribution is -2.77. The van der Waals surface area contributed by atoms with Crippen molar-refractivity contribution in [2.75, 3.05) is 13.1 Å². The molecule has 3 fully saturated rings. The predicted octanol–water partition coefficient (Wildman–Crippen LogP) is 2.51. The summed E-state index contributed by atoms with van der Waals surface area (Å²) in [5, 5.41) is 11.0. The lowest BCUT2D eigenvalue weighted by Gasteiger charge is -2.57. The number of rotatable bonds is 3. The van der Waals surface area contributed by atoms with Gasteiger partial charge in [-0.25, -0.2) is 4.79 Å². The Balaban J connectivity index is 1.98. The van der Waals surface area contributed by atoms with Crippen molar-refractivity contribution in [1.29, 1.82) is 0 Å². The third-order valence-electron chi connectivity index (χ3n) is 5.69. The first-order chi connectivity index (χ1) is 12.3. The molecule has 0 saturated carbocycles. The minimum atomic E-state index is -3.84. The largest absolute Gasteiger partial charge is 0.439 e. The highest BCUT2D eigenvalue weighted by Gasteiger charge is 2.78. The van der Waals surface area contributed by atoms with Crippen LogP contribution in [0.4, 0.5) is 13.6 Å². The fourth-order valence-electron chi connectivity index (χ4n) is 4.37. The van der Waals surface area contributed by atoms with Crippen LogP contribution in [0.3, 0.4) is 0 Å². The number of ether oxygens (including phenoxy) is 4. The van der Waals surface area contributed by atoms with Gasteiger partial charge in [-0.1, -0.05) is 13.8 Å². The highest BCUT2D eigenvalue weighted by molar-refractivity contribution is 5.68. The second kappa shape index (κ2) is 6.23. The van der Waals surface area contributed by atoms with Gasteiger partial charge in [-0.05, 0) is 34.1 Å². The summed E-state index contributed by atoms with van der Waals surface area (Å²) in [5.74, 6) is -8.07. The van der Waals surface area contributed by atoms with Gasteiger partial charge >= 0.3 is 12.0 Å². The minimum Gasteiger partial charge on any atom is -0.439 e. The number of aliphatic hydroxyl groups is 1. The monoisotopic (exact) mass is 393 g/mol. The molecule has 0 aromatic carbocycles. The van der Waals surface area contributed by atoms with Gasteiger partial charge in [0.1, 0.15) is 6.10 Å². The third kappa shape index (κ3) is 3.03. The zero-order valence-electron chi connectivity index (χ0n) is 16.6. The van der Waals surface area contributed by atoms with Gasteiger partial charge in [-0.3, -0.25) is 0 Å². The Bertz CT molecular complexity index is 609. The molecule has 0 spiro atoms. The summed E-state index contributed by atoms with van der Waals surface area (Å²) in [7, 11) is 0. The van der Waals surface area contributed by atoms with E-state index < -0.39 is 53.4 Å². The average Bonchev–Trinajstić information content (AvgIpc) is 2.87. The summed E-state index contributed by atoms with van der Waals surface area (Å²) < 4.78 is 52.7. The zero-order valence-corrected chi connectivity index (χ0v) is 16.6. The second-order valence-electron chi connectivity index (χ2n) is 8.63. The molecule has 156 valence electrons. The summed E-state index contributed by atoms with van der Waals surface area (Å²) in [6.07, 6.45) is -5.59. The summed E-state index contributed by atoms with van der Waals surface area (Å²) >= 11 is 0. The Morgan fingerprint density at radius 1 is 1.15 bits per heavy atom. The van der Waals surface area contributed by atoms with Crippen LogP contribution in [0, 0.1) is 5.41 Å². The van der Waals surface area contributed by atoms with Crippen LogP contribution >= 0.6 is 0 Å². The maximum Gasteiger partial charge on any atom is 0.410 e. The fraction of sp³-hybridized carbons (Fsp3) is 0.944. The molecule has 0 aromatic heterocycles. The molecule has 1 N–H and O–H groups in total. The van der Waals surface area contributed by atoms with Crippen molar-refractivity contribution >= 4 is 6.09 Å². The van der Waals surface area contributed by atoms with Gasteiger partial charge in [0.05, 0.1) is 6.10 Å². The second-order valence-corrected chi connectivity index (χ2v) is 8.63. The van der Waals surface area contributed by atoms with E-state index in [0.717, 1.165) is 0 Å². The van der Waals surface area contributed by atoms with Crippen LogP contribution in [0.25, 0.3) is 0 Å². The molecule has 3 rings (SSSR count). The van der Waals surface area contributed by atoms with E-state index in [1.165, 1.54) is 4.90 Å². The first-order valence-electron chi connectivity index (χ1n) is 9.38. The molecule has 0 unspecified atom stereocenters. The first kappa shape index (κ1) is 20.7. The standard InChI is InChI=1S/C18H29F2NO6/c1-7-21(8-2)14(22)24-13-15(3,4)9-10-11-12(27-16(5,6)26-11)17(19,20)18(13,23)25-10/h10-13,23H,7-9H2,1-6H3/t10-,11-,12-,13-,18+/m1/s1. The lowest BCUT2D eigenvalue weighted by molar-refractivity contribution is -0.442. The van der Waals surface area contributed by atoms with Crippen LogP contribution in [0.2, 0.25) is 0 Å². The Labute approximate surface area is 157 Å². The Hall–Kier alpha value is -1.03. The number of alkyl halides is 2. The molecule has 3 heterocycles. The van der Waals surface area contributed by atoms with Crippen molar-refractivity contribution in [3.05, 3.63) is 0 Å². The van der Waals surface area contributed by atoms with Crippen molar-refractivity contribution in [3.8, 4) is 0 Å². The highest BCUT2D eigenvalue weighted by atomic mass is 19.3. The van der Waals surface area contributed by atoms with Gasteiger partial charge in [-0.2, -0.15) is 8.78 Å². The van der Waals surface area contributed by atoms with Gasteiger partial charge in [0, 0.05) is 18.5 Å². The minimum absolute atomic E-state index is 0.266. The molecule has 3 aliphatic heterocycles. The zero-order chi connectivity index (χ0) is 20.4. The number of carbonyl (C=O) groups is 1. The molecule has 5 atom stereocenters. The maximum atomic E-state index is 15.4. The van der Waals surface area contributed by atoms with E-state index in [9.17, 15) is 9.90 Å². The molecule has 7 nitrogen and oxygen atoms in total. The Morgan fingerprint density at radius 2 is 1.74 bits per heavy atom. The quantitative estimate of drug-likeness (QED) is 0.794. The summed E-state index contributed by atoms with van der Waals surface area (Å²) in [5.41, 5.74) is -0.967. The molecule has 0 aromatic rings. The van der Waals surface area contributed by atoms with Crippen molar-refractivity contribution in [2.45, 2.75) is 89.9 Å². The van der Waals surface area contributed by atoms with Crippen molar-refractivity contribution in [3.63, 3.8) is 0 Å². The van der Waals surface area contributed by atoms with Gasteiger partial charge < -0.3 is 29.0 Å². The van der Waals surface area contributed by atoms with Crippen LogP contribution in [0.15, 0.2) is 0 Å². The molecule has 27 heavy (non-hydrogen) atoms. The summed E-state index contributed by atoms with van der Waals surface area (Å²) in [6, 6.07) is 0. The number of carbonyl (C=O) groups excluding carboxylic acids is 1. The van der Waals surface area contributed by atoms with E-state index in [4.69, 9.17) is 18.9 Å². The Kier molecular flexibility index (Phi) is 4.78. The average molecular weight is 393 g/mol. The van der Waals surface area contributed by atoms with E-state index in [2.05, 4.69) is 0 Å². The number of fused-ring (bicyclic) bond motifs is 4. The Morgan fingerprint density at radius 3 is 2.30 bits per heavy atom. The van der Waals surface area contributed by atoms with Crippen LogP contribution < -0.4 is 0 Å². The normalized spacial score (nSPS) is 40.9. The van der Waals surface area contributed by atoms with E-state index >= 15 is 8.78 Å². The summed E-state index contributed by atoms with van der Waals surface area (Å²) in [6.45, 7) is 10.6. The molecular weight excluding hydrogens is 364 g/mol. The fourth-order valence-corrected chi connectivity index (χ4v) is 4.37. The van der Waals surface area contributed by atoms with E-state index in [0.29, 0.717) is 13.1 Å². The van der Waals surface area contributed by atoms with Crippen LogP contribution in [0.5, 0.6) is 0 Å². The maximum absolute atomic E-state index is 15.4. The number of nitrogens with zero attached hydrogens (tertiary/aromatic N) is 1. The van der Waals surface area contributed by atoms with E-state index in [1.54, 1.807) is 41.5 Å². The van der Waals surface area contributed by atoms with Crippen molar-refractivity contribution in [1.82, 2.24) is 4.90 Å². The van der Waals surface area contributed by atoms with E-state index in [-0.39, 0.29) is 6.42 Å². The summed E-state index contributed by atoms with van der Waals surface area (Å²) in [4.78, 5) is 13.8. The molecule has 3 aliphatic rings. The number of hydrogen-bond acceptors (Lipinski definition) is 6. The smallest absolute Gasteiger partial charge is 0.410 e. The SMILES string of the molecule is CCN(CC)C(=O)O[C@@H]1C(C)(C)C[C@H]2O[C@]1(O)C(F)(F)[C@@H]1OC(C)(C)O[C@@H]12. The van der Waals surface area contributed by atoms with Crippen LogP contribution in [-0.2, 0) is 18.9 Å². The molecule has 1 amide bonds. The van der Waals surface area contributed by atoms with Crippen molar-refractivity contribution < 1.29 is 37.6 Å². The highest BCUT2D eigenvalue weighted by Crippen LogP contribution is 2.58. The molecule has 0 radical (unpaired) electrons. The van der Waals surface area contributed by atoms with Gasteiger partial charge in [-0.15, -0.1) is 0 Å². The molecule has 9 heteroatoms.